The van der Waals surface area contributed by atoms with Crippen molar-refractivity contribution in [3.8, 4) is 0 Å². The summed E-state index contributed by atoms with van der Waals surface area (Å²) in [6, 6.07) is 2.16. The number of nitrogens with zero attached hydrogens (tertiary/aromatic N) is 1. The summed E-state index contributed by atoms with van der Waals surface area (Å²) in [4.78, 5) is 0. The van der Waals surface area contributed by atoms with E-state index < -0.39 is 28.8 Å². The van der Waals surface area contributed by atoms with Crippen molar-refractivity contribution in [2.45, 2.75) is 95.9 Å². The van der Waals surface area contributed by atoms with E-state index in [2.05, 4.69) is 45.6 Å². The second-order valence-corrected chi connectivity index (χ2v) is 20.7. The van der Waals surface area contributed by atoms with Crippen molar-refractivity contribution in [1.29, 1.82) is 0 Å². The van der Waals surface area contributed by atoms with Crippen LogP contribution in [0.4, 0.5) is 0 Å². The Labute approximate surface area is 213 Å². The molecule has 2 atom stereocenters. The van der Waals surface area contributed by atoms with Crippen LogP contribution >= 0.6 is 0 Å². The summed E-state index contributed by atoms with van der Waals surface area (Å²) < 4.78 is 18.8. The van der Waals surface area contributed by atoms with Gasteiger partial charge in [0.05, 0.1) is 40.0 Å². The van der Waals surface area contributed by atoms with Gasteiger partial charge in [-0.15, -0.1) is 0 Å². The number of aliphatic hydroxyl groups is 2. The molecule has 0 aromatic carbocycles. The van der Waals surface area contributed by atoms with Gasteiger partial charge < -0.3 is 33.6 Å². The first-order valence-electron chi connectivity index (χ1n) is 13.5. The van der Waals surface area contributed by atoms with Crippen LogP contribution in [0.3, 0.4) is 0 Å². The number of rotatable bonds is 23. The van der Waals surface area contributed by atoms with Gasteiger partial charge >= 0.3 is 0 Å². The molecule has 0 aliphatic rings. The Morgan fingerprint density at radius 1 is 0.794 bits per heavy atom. The summed E-state index contributed by atoms with van der Waals surface area (Å²) in [5.74, 6) is 0. The van der Waals surface area contributed by atoms with E-state index in [0.29, 0.717) is 26.4 Å². The molecule has 34 heavy (non-hydrogen) atoms. The van der Waals surface area contributed by atoms with Crippen LogP contribution in [0.2, 0.25) is 38.3 Å². The number of nitrogens with one attached hydrogen (secondary N) is 1. The maximum atomic E-state index is 10.4. The molecule has 0 amide bonds. The molecule has 0 rings (SSSR count). The molecule has 0 aromatic rings. The molecule has 0 aliphatic carbocycles. The lowest BCUT2D eigenvalue weighted by Gasteiger charge is -2.34. The number of aliphatic hydroxyl groups excluding tert-OH is 2. The predicted octanol–water partition coefficient (Wildman–Crippen LogP) is 3.82. The van der Waals surface area contributed by atoms with E-state index in [1.807, 2.05) is 7.05 Å². The summed E-state index contributed by atoms with van der Waals surface area (Å²) in [6.07, 6.45) is 6.14. The Bertz CT molecular complexity index is 494. The van der Waals surface area contributed by atoms with Gasteiger partial charge in [-0.2, -0.15) is 0 Å². The summed E-state index contributed by atoms with van der Waals surface area (Å²) in [5.41, 5.74) is 0. The second-order valence-electron chi connectivity index (χ2n) is 11.8. The molecular weight excluding hydrogens is 464 g/mol. The number of unbranched alkanes of at least 4 members (excludes halogenated alkanes) is 3. The Morgan fingerprint density at radius 2 is 1.32 bits per heavy atom. The van der Waals surface area contributed by atoms with E-state index in [1.54, 1.807) is 6.92 Å². The molecule has 9 heteroatoms. The van der Waals surface area contributed by atoms with Gasteiger partial charge in [0.2, 0.25) is 0 Å². The minimum atomic E-state index is -1.74. The maximum absolute atomic E-state index is 10.4. The van der Waals surface area contributed by atoms with Gasteiger partial charge in [0, 0.05) is 13.2 Å². The van der Waals surface area contributed by atoms with E-state index in [0.717, 1.165) is 49.0 Å². The van der Waals surface area contributed by atoms with Crippen LogP contribution in [0.15, 0.2) is 0 Å². The third-order valence-electron chi connectivity index (χ3n) is 6.00. The zero-order valence-corrected chi connectivity index (χ0v) is 25.8. The van der Waals surface area contributed by atoms with Crippen LogP contribution in [-0.4, -0.2) is 111 Å². The monoisotopic (exact) mass is 523 g/mol. The fourth-order valence-electron chi connectivity index (χ4n) is 4.43. The molecule has 3 N–H and O–H groups in total. The lowest BCUT2D eigenvalue weighted by molar-refractivity contribution is -0.893. The average molecular weight is 524 g/mol. The van der Waals surface area contributed by atoms with Crippen LogP contribution in [-0.2, 0) is 13.6 Å². The normalized spacial score (nSPS) is 15.0. The highest BCUT2D eigenvalue weighted by molar-refractivity contribution is 6.84. The lowest BCUT2D eigenvalue weighted by Crippen LogP contribution is -2.47. The number of likely N-dealkylation sites (N-methyl/N-ethyl adjacent to an activating group) is 1. The summed E-state index contributed by atoms with van der Waals surface area (Å²) in [6.45, 7) is 16.1. The highest BCUT2D eigenvalue weighted by atomic mass is 28.4. The smallest absolute Gasteiger partial charge is 0.173 e. The van der Waals surface area contributed by atoms with Crippen molar-refractivity contribution in [1.82, 2.24) is 5.32 Å². The third kappa shape index (κ3) is 21.4. The lowest BCUT2D eigenvalue weighted by atomic mass is 10.1. The predicted molar refractivity (Wildman–Crippen MR) is 148 cm³/mol. The van der Waals surface area contributed by atoms with Gasteiger partial charge in [-0.3, -0.25) is 0 Å². The number of hydrogen-bond donors (Lipinski definition) is 3. The van der Waals surface area contributed by atoms with Crippen molar-refractivity contribution in [3.63, 3.8) is 0 Å². The van der Waals surface area contributed by atoms with Crippen molar-refractivity contribution < 1.29 is 28.3 Å². The minimum Gasteiger partial charge on any atom is -0.455 e. The first-order chi connectivity index (χ1) is 15.8. The van der Waals surface area contributed by atoms with Gasteiger partial charge in [-0.05, 0) is 90.9 Å². The third-order valence-corrected chi connectivity index (χ3v) is 13.5. The molecule has 0 fully saturated rings. The summed E-state index contributed by atoms with van der Waals surface area (Å²) in [7, 11) is 2.95. The maximum Gasteiger partial charge on any atom is 0.173 e. The highest BCUT2D eigenvalue weighted by Crippen LogP contribution is 2.24. The van der Waals surface area contributed by atoms with Gasteiger partial charge in [-0.1, -0.05) is 6.42 Å². The quantitative estimate of drug-likeness (QED) is 0.107. The molecule has 2 unspecified atom stereocenters. The Balaban J connectivity index is 3.99. The molecule has 0 saturated carbocycles. The van der Waals surface area contributed by atoms with Crippen molar-refractivity contribution >= 4 is 16.6 Å². The molecule has 0 saturated heterocycles. The molecule has 0 aliphatic heterocycles. The number of hydrogen-bond acceptors (Lipinski definition) is 6. The molecule has 0 bridgehead atoms. The topological polar surface area (TPSA) is 80.2 Å². The van der Waals surface area contributed by atoms with Crippen LogP contribution in [0.5, 0.6) is 0 Å². The molecule has 206 valence electrons. The highest BCUT2D eigenvalue weighted by Gasteiger charge is 2.32. The molecule has 0 spiro atoms. The number of quaternary nitrogens is 1. The van der Waals surface area contributed by atoms with Crippen molar-refractivity contribution in [3.05, 3.63) is 0 Å². The zero-order chi connectivity index (χ0) is 26.1. The van der Waals surface area contributed by atoms with Gasteiger partial charge in [-0.25, -0.2) is 0 Å². The molecule has 0 heterocycles. The fourth-order valence-corrected chi connectivity index (χ4v) is 13.2. The molecule has 0 radical (unpaired) electrons. The Morgan fingerprint density at radius 3 is 1.85 bits per heavy atom. The van der Waals surface area contributed by atoms with E-state index in [4.69, 9.17) is 13.6 Å². The first-order valence-corrected chi connectivity index (χ1v) is 19.7. The van der Waals surface area contributed by atoms with Crippen molar-refractivity contribution in [2.24, 2.45) is 0 Å². The van der Waals surface area contributed by atoms with E-state index in [9.17, 15) is 10.2 Å². The van der Waals surface area contributed by atoms with E-state index in [-0.39, 0.29) is 0 Å². The number of ether oxygens (including phenoxy) is 2. The Hall–Kier alpha value is 0.154. The van der Waals surface area contributed by atoms with Gasteiger partial charge in [0.1, 0.15) is 12.6 Å². The van der Waals surface area contributed by atoms with Gasteiger partial charge in [0.25, 0.3) is 0 Å². The average Bonchev–Trinajstić information content (AvgIpc) is 2.68. The standard InChI is InChI=1S/C25H59N2O5Si2/c1-24(28)22-30-17-13-19-33(5,6)32-34(7,8)20-14-18-31-23-25(29)21-27(3,4)16-12-10-9-11-15-26-2/h24-26,28-29H,9-23H2,1-8H3/q+1. The van der Waals surface area contributed by atoms with E-state index in [1.165, 1.54) is 25.7 Å². The van der Waals surface area contributed by atoms with Gasteiger partial charge in [0.15, 0.2) is 16.6 Å². The van der Waals surface area contributed by atoms with E-state index >= 15 is 0 Å². The largest absolute Gasteiger partial charge is 0.455 e. The Kier molecular flexibility index (Phi) is 18.5. The second kappa shape index (κ2) is 18.4. The summed E-state index contributed by atoms with van der Waals surface area (Å²) >= 11 is 0. The van der Waals surface area contributed by atoms with Crippen LogP contribution in [0, 0.1) is 0 Å². The first kappa shape index (κ1) is 34.2. The molecule has 7 nitrogen and oxygen atoms in total. The minimum absolute atomic E-state index is 0.398. The zero-order valence-electron chi connectivity index (χ0n) is 23.8. The van der Waals surface area contributed by atoms with Crippen LogP contribution < -0.4 is 5.32 Å². The van der Waals surface area contributed by atoms with Crippen LogP contribution in [0.25, 0.3) is 0 Å². The fraction of sp³-hybridized carbons (Fsp3) is 1.00. The SMILES string of the molecule is CNCCCCCC[N+](C)(C)CC(O)COCCC[Si](C)(C)O[Si](C)(C)CCCOCC(C)O. The molecule has 0 aromatic heterocycles. The summed E-state index contributed by atoms with van der Waals surface area (Å²) in [5, 5.41) is 22.9. The molecular formula is C25H59N2O5Si2+. The van der Waals surface area contributed by atoms with Crippen molar-refractivity contribution in [2.75, 3.05) is 67.2 Å². The van der Waals surface area contributed by atoms with Crippen LogP contribution in [0.1, 0.15) is 45.4 Å².